The maximum absolute atomic E-state index is 5.32. The van der Waals surface area contributed by atoms with Crippen molar-refractivity contribution in [3.05, 3.63) is 33.8 Å². The van der Waals surface area contributed by atoms with Gasteiger partial charge in [-0.05, 0) is 31.2 Å². The van der Waals surface area contributed by atoms with Gasteiger partial charge in [0.25, 0.3) is 0 Å². The minimum absolute atomic E-state index is 0.231. The van der Waals surface area contributed by atoms with Gasteiger partial charge < -0.3 is 5.32 Å². The first-order chi connectivity index (χ1) is 6.69. The lowest BCUT2D eigenvalue weighted by Crippen LogP contribution is -2.16. The second-order valence-corrected chi connectivity index (χ2v) is 4.13. The van der Waals surface area contributed by atoms with Crippen LogP contribution in [0.15, 0.2) is 22.7 Å². The van der Waals surface area contributed by atoms with Crippen LogP contribution in [0.1, 0.15) is 23.6 Å². The van der Waals surface area contributed by atoms with E-state index >= 15 is 0 Å². The van der Waals surface area contributed by atoms with Crippen molar-refractivity contribution in [1.82, 2.24) is 5.32 Å². The fourth-order valence-corrected chi connectivity index (χ4v) is 2.17. The van der Waals surface area contributed by atoms with Gasteiger partial charge in [0.2, 0.25) is 0 Å². The molecule has 1 atom stereocenters. The van der Waals surface area contributed by atoms with Crippen LogP contribution in [0.5, 0.6) is 0 Å². The number of hydrogen-bond donors (Lipinski definition) is 1. The summed E-state index contributed by atoms with van der Waals surface area (Å²) in [6, 6.07) is 6.55. The van der Waals surface area contributed by atoms with Gasteiger partial charge in [-0.2, -0.15) is 0 Å². The molecule has 1 aromatic carbocycles. The number of benzene rings is 1. The van der Waals surface area contributed by atoms with Crippen LogP contribution in [0.4, 0.5) is 0 Å². The summed E-state index contributed by atoms with van der Waals surface area (Å²) in [5.74, 6) is 2.68. The van der Waals surface area contributed by atoms with Gasteiger partial charge in [-0.25, -0.2) is 0 Å². The Hall–Kier alpha value is -0.780. The lowest BCUT2D eigenvalue weighted by atomic mass is 10.0. The Morgan fingerprint density at radius 3 is 2.79 bits per heavy atom. The van der Waals surface area contributed by atoms with Crippen LogP contribution in [0.3, 0.4) is 0 Å². The Bertz CT molecular complexity index is 352. The van der Waals surface area contributed by atoms with Crippen LogP contribution in [-0.4, -0.2) is 7.05 Å². The molecule has 1 N–H and O–H groups in total. The molecule has 0 spiro atoms. The van der Waals surface area contributed by atoms with Crippen molar-refractivity contribution < 1.29 is 0 Å². The van der Waals surface area contributed by atoms with Crippen molar-refractivity contribution in [3.8, 4) is 12.3 Å². The lowest BCUT2D eigenvalue weighted by molar-refractivity contribution is 0.609. The smallest absolute Gasteiger partial charge is 0.0439 e. The van der Waals surface area contributed by atoms with E-state index in [-0.39, 0.29) is 6.04 Å². The fourth-order valence-electron chi connectivity index (χ4n) is 1.40. The second kappa shape index (κ2) is 5.19. The predicted molar refractivity (Wildman–Crippen MR) is 64.1 cm³/mol. The monoisotopic (exact) mass is 251 g/mol. The Morgan fingerprint density at radius 1 is 1.57 bits per heavy atom. The zero-order valence-corrected chi connectivity index (χ0v) is 10.1. The van der Waals surface area contributed by atoms with E-state index in [1.165, 1.54) is 11.1 Å². The summed E-state index contributed by atoms with van der Waals surface area (Å²) in [7, 11) is 1.92. The van der Waals surface area contributed by atoms with Crippen molar-refractivity contribution in [2.75, 3.05) is 7.05 Å². The van der Waals surface area contributed by atoms with Crippen molar-refractivity contribution in [2.24, 2.45) is 0 Å². The van der Waals surface area contributed by atoms with Crippen molar-refractivity contribution in [1.29, 1.82) is 0 Å². The molecule has 1 rings (SSSR count). The van der Waals surface area contributed by atoms with Gasteiger partial charge in [0.15, 0.2) is 0 Å². The summed E-state index contributed by atoms with van der Waals surface area (Å²) in [6.07, 6.45) is 6.02. The molecule has 0 fully saturated rings. The highest BCUT2D eigenvalue weighted by Gasteiger charge is 2.10. The molecule has 0 aliphatic heterocycles. The average molecular weight is 252 g/mol. The van der Waals surface area contributed by atoms with Gasteiger partial charge in [0.1, 0.15) is 0 Å². The SMILES string of the molecule is C#CCC(NC)c1ccc(C)cc1Br. The number of hydrogen-bond acceptors (Lipinski definition) is 1. The summed E-state index contributed by atoms with van der Waals surface area (Å²) < 4.78 is 1.12. The minimum Gasteiger partial charge on any atom is -0.312 e. The summed E-state index contributed by atoms with van der Waals surface area (Å²) >= 11 is 3.55. The molecule has 0 saturated carbocycles. The van der Waals surface area contributed by atoms with Crippen LogP contribution < -0.4 is 5.32 Å². The third-order valence-corrected chi connectivity index (χ3v) is 2.89. The molecule has 0 aromatic heterocycles. The maximum atomic E-state index is 5.32. The first-order valence-corrected chi connectivity index (χ1v) is 5.35. The zero-order valence-electron chi connectivity index (χ0n) is 8.47. The van der Waals surface area contributed by atoms with Gasteiger partial charge >= 0.3 is 0 Å². The Balaban J connectivity index is 2.99. The van der Waals surface area contributed by atoms with Crippen LogP contribution in [-0.2, 0) is 0 Å². The molecule has 0 saturated heterocycles. The van der Waals surface area contributed by atoms with E-state index in [0.29, 0.717) is 6.42 Å². The van der Waals surface area contributed by atoms with Gasteiger partial charge in [-0.15, -0.1) is 12.3 Å². The maximum Gasteiger partial charge on any atom is 0.0439 e. The molecular weight excluding hydrogens is 238 g/mol. The summed E-state index contributed by atoms with van der Waals surface area (Å²) in [4.78, 5) is 0. The number of nitrogens with one attached hydrogen (secondary N) is 1. The largest absolute Gasteiger partial charge is 0.312 e. The van der Waals surface area contributed by atoms with Crippen molar-refractivity contribution >= 4 is 15.9 Å². The summed E-state index contributed by atoms with van der Waals surface area (Å²) in [6.45, 7) is 2.07. The molecule has 1 aromatic rings. The van der Waals surface area contributed by atoms with Gasteiger partial charge in [-0.1, -0.05) is 28.1 Å². The summed E-state index contributed by atoms with van der Waals surface area (Å²) in [5.41, 5.74) is 2.47. The zero-order chi connectivity index (χ0) is 10.6. The molecule has 2 heteroatoms. The summed E-state index contributed by atoms with van der Waals surface area (Å²) in [5, 5.41) is 3.21. The van der Waals surface area contributed by atoms with Gasteiger partial charge in [0.05, 0.1) is 0 Å². The highest BCUT2D eigenvalue weighted by atomic mass is 79.9. The van der Waals surface area contributed by atoms with E-state index in [2.05, 4.69) is 52.3 Å². The fraction of sp³-hybridized carbons (Fsp3) is 0.333. The van der Waals surface area contributed by atoms with E-state index in [0.717, 1.165) is 4.47 Å². The normalized spacial score (nSPS) is 12.1. The standard InChI is InChI=1S/C12H14BrN/c1-4-5-12(14-3)10-7-6-9(2)8-11(10)13/h1,6-8,12,14H,5H2,2-3H3. The Labute approximate surface area is 94.0 Å². The molecule has 0 aliphatic carbocycles. The highest BCUT2D eigenvalue weighted by molar-refractivity contribution is 9.10. The number of rotatable bonds is 3. The van der Waals surface area contributed by atoms with Crippen LogP contribution >= 0.6 is 15.9 Å². The van der Waals surface area contributed by atoms with Gasteiger partial charge in [0, 0.05) is 16.9 Å². The Morgan fingerprint density at radius 2 is 2.29 bits per heavy atom. The second-order valence-electron chi connectivity index (χ2n) is 3.27. The van der Waals surface area contributed by atoms with Crippen LogP contribution in [0, 0.1) is 19.3 Å². The van der Waals surface area contributed by atoms with E-state index in [1.54, 1.807) is 0 Å². The topological polar surface area (TPSA) is 12.0 Å². The Kier molecular flexibility index (Phi) is 4.19. The third kappa shape index (κ3) is 2.60. The third-order valence-electron chi connectivity index (χ3n) is 2.20. The molecule has 74 valence electrons. The molecular formula is C12H14BrN. The minimum atomic E-state index is 0.231. The quantitative estimate of drug-likeness (QED) is 0.815. The van der Waals surface area contributed by atoms with E-state index in [9.17, 15) is 0 Å². The average Bonchev–Trinajstić information content (AvgIpc) is 2.15. The van der Waals surface area contributed by atoms with E-state index < -0.39 is 0 Å². The molecule has 0 radical (unpaired) electrons. The molecule has 1 nitrogen and oxygen atoms in total. The molecule has 0 aliphatic rings. The van der Waals surface area contributed by atoms with Crippen LogP contribution in [0.25, 0.3) is 0 Å². The highest BCUT2D eigenvalue weighted by Crippen LogP contribution is 2.26. The molecule has 0 heterocycles. The van der Waals surface area contributed by atoms with E-state index in [4.69, 9.17) is 6.42 Å². The predicted octanol–water partition coefficient (Wildman–Crippen LogP) is 3.04. The number of aryl methyl sites for hydroxylation is 1. The molecule has 14 heavy (non-hydrogen) atoms. The van der Waals surface area contributed by atoms with E-state index in [1.807, 2.05) is 7.05 Å². The van der Waals surface area contributed by atoms with Crippen molar-refractivity contribution in [2.45, 2.75) is 19.4 Å². The molecule has 0 amide bonds. The van der Waals surface area contributed by atoms with Crippen LogP contribution in [0.2, 0.25) is 0 Å². The number of terminal acetylenes is 1. The first kappa shape index (κ1) is 11.3. The first-order valence-electron chi connectivity index (χ1n) is 4.55. The number of halogens is 1. The lowest BCUT2D eigenvalue weighted by Gasteiger charge is -2.15. The van der Waals surface area contributed by atoms with Crippen molar-refractivity contribution in [3.63, 3.8) is 0 Å². The molecule has 1 unspecified atom stereocenters. The molecule has 0 bridgehead atoms. The van der Waals surface area contributed by atoms with Gasteiger partial charge in [-0.3, -0.25) is 0 Å².